The first-order valence-corrected chi connectivity index (χ1v) is 10.4. The molecule has 1 aromatic heterocycles. The number of nitrogens with one attached hydrogen (secondary N) is 1. The van der Waals surface area contributed by atoms with Gasteiger partial charge in [0.05, 0.1) is 30.5 Å². The molecule has 0 saturated carbocycles. The second-order valence-electron chi connectivity index (χ2n) is 7.62. The van der Waals surface area contributed by atoms with Gasteiger partial charge >= 0.3 is 6.09 Å². The first-order valence-electron chi connectivity index (χ1n) is 10.4. The molecule has 1 atom stereocenters. The number of hydrogen-bond donors (Lipinski definition) is 1. The topological polar surface area (TPSA) is 96.9 Å². The Morgan fingerprint density at radius 2 is 2.13 bits per heavy atom. The Kier molecular flexibility index (Phi) is 6.48. The van der Waals surface area contributed by atoms with Gasteiger partial charge in [-0.05, 0) is 25.0 Å². The first-order chi connectivity index (χ1) is 15.1. The molecule has 10 heteroatoms. The second kappa shape index (κ2) is 9.44. The molecule has 1 saturated heterocycles. The van der Waals surface area contributed by atoms with Crippen molar-refractivity contribution in [1.29, 1.82) is 0 Å². The molecule has 1 aromatic carbocycles. The molecule has 0 unspecified atom stereocenters. The van der Waals surface area contributed by atoms with E-state index >= 15 is 0 Å². The molecule has 31 heavy (non-hydrogen) atoms. The van der Waals surface area contributed by atoms with Crippen LogP contribution in [0.1, 0.15) is 36.6 Å². The third kappa shape index (κ3) is 4.86. The van der Waals surface area contributed by atoms with Gasteiger partial charge in [-0.15, -0.1) is 0 Å². The van der Waals surface area contributed by atoms with Gasteiger partial charge in [-0.2, -0.15) is 4.98 Å². The highest BCUT2D eigenvalue weighted by Gasteiger charge is 2.28. The summed E-state index contributed by atoms with van der Waals surface area (Å²) in [6, 6.07) is 8.18. The quantitative estimate of drug-likeness (QED) is 0.485. The minimum absolute atomic E-state index is 0.0160. The number of cyclic esters (lactones) is 1. The van der Waals surface area contributed by atoms with Crippen LogP contribution >= 0.6 is 0 Å². The molecule has 0 bridgehead atoms. The van der Waals surface area contributed by atoms with Crippen LogP contribution in [0.5, 0.6) is 0 Å². The van der Waals surface area contributed by atoms with Crippen LogP contribution in [0.4, 0.5) is 16.6 Å². The van der Waals surface area contributed by atoms with E-state index in [4.69, 9.17) is 9.47 Å². The summed E-state index contributed by atoms with van der Waals surface area (Å²) < 4.78 is 11.0. The number of rotatable bonds is 9. The Morgan fingerprint density at radius 1 is 1.35 bits per heavy atom. The smallest absolute Gasteiger partial charge is 0.415 e. The lowest BCUT2D eigenvalue weighted by Gasteiger charge is -2.37. The molecule has 1 fully saturated rings. The molecule has 1 amide bonds. The van der Waals surface area contributed by atoms with Crippen molar-refractivity contribution in [2.75, 3.05) is 29.9 Å². The fraction of sp³-hybridized carbons (Fsp3) is 0.429. The van der Waals surface area contributed by atoms with Crippen molar-refractivity contribution in [2.24, 2.45) is 0 Å². The van der Waals surface area contributed by atoms with Gasteiger partial charge in [-0.25, -0.2) is 9.78 Å². The monoisotopic (exact) mass is 422 g/mol. The predicted molar refractivity (Wildman–Crippen MR) is 116 cm³/mol. The average Bonchev–Trinajstić information content (AvgIpc) is 2.75. The summed E-state index contributed by atoms with van der Waals surface area (Å²) >= 11 is 0. The Labute approximate surface area is 182 Å². The van der Waals surface area contributed by atoms with Crippen molar-refractivity contribution in [1.82, 2.24) is 14.8 Å². The van der Waals surface area contributed by atoms with E-state index in [2.05, 4.69) is 27.4 Å². The fourth-order valence-electron chi connectivity index (χ4n) is 3.56. The third-order valence-corrected chi connectivity index (χ3v) is 5.44. The zero-order valence-electron chi connectivity index (χ0n) is 17.7. The molecule has 1 N–H and O–H groups in total. The average molecular weight is 422 g/mol. The van der Waals surface area contributed by atoms with E-state index < -0.39 is 0 Å². The molecule has 2 aromatic rings. The van der Waals surface area contributed by atoms with Crippen LogP contribution in [0.15, 0.2) is 30.5 Å². The van der Waals surface area contributed by atoms with Crippen molar-refractivity contribution in [3.8, 4) is 0 Å². The number of nitrogens with zero attached hydrogens (tertiary/aromatic N) is 4. The lowest BCUT2D eigenvalue weighted by Crippen LogP contribution is -2.53. The van der Waals surface area contributed by atoms with E-state index in [0.717, 1.165) is 36.0 Å². The van der Waals surface area contributed by atoms with Gasteiger partial charge in [0, 0.05) is 25.8 Å². The summed E-state index contributed by atoms with van der Waals surface area (Å²) in [5.74, 6) is 1.06. The van der Waals surface area contributed by atoms with Crippen molar-refractivity contribution in [3.05, 3.63) is 47.2 Å². The molecule has 2 aliphatic heterocycles. The summed E-state index contributed by atoms with van der Waals surface area (Å²) in [6.45, 7) is 6.64. The maximum atomic E-state index is 11.9. The van der Waals surface area contributed by atoms with E-state index in [1.165, 1.54) is 4.90 Å². The van der Waals surface area contributed by atoms with Crippen molar-refractivity contribution >= 4 is 31.5 Å². The molecule has 161 valence electrons. The van der Waals surface area contributed by atoms with E-state index in [1.54, 1.807) is 13.6 Å². The Bertz CT molecular complexity index is 936. The summed E-state index contributed by atoms with van der Waals surface area (Å²) in [4.78, 5) is 34.7. The molecule has 0 aliphatic carbocycles. The van der Waals surface area contributed by atoms with Crippen LogP contribution < -0.4 is 10.2 Å². The number of carbonyl (C=O) groups excluding carboxylic acids is 2. The summed E-state index contributed by atoms with van der Waals surface area (Å²) in [7, 11) is 1.54. The minimum atomic E-state index is -0.387. The maximum absolute atomic E-state index is 11.9. The van der Waals surface area contributed by atoms with Gasteiger partial charge < -0.3 is 24.4 Å². The Balaban J connectivity index is 1.33. The standard InChI is InChI=1S/C21H25BN5O4/c1-3-27-19-17(12-31-21(27)29)8-23-20(25-19)24-14(2)16-6-4-15(5-7-16)11-30-18-9-26(10-18)22-13-28/h4-8,13-14,18H,3,9-12H2,1-2H3,(H,23,24,25)/t14-/m0/s1. The Morgan fingerprint density at radius 3 is 2.84 bits per heavy atom. The molecule has 3 heterocycles. The summed E-state index contributed by atoms with van der Waals surface area (Å²) in [5, 5.41) is 3.30. The van der Waals surface area contributed by atoms with Gasteiger partial charge in [0.25, 0.3) is 7.41 Å². The molecule has 9 nitrogen and oxygen atoms in total. The predicted octanol–water partition coefficient (Wildman–Crippen LogP) is 2.14. The molecular formula is C21H25BN5O4. The van der Waals surface area contributed by atoms with Crippen LogP contribution in [-0.2, 0) is 27.5 Å². The van der Waals surface area contributed by atoms with Crippen molar-refractivity contribution in [3.63, 3.8) is 0 Å². The number of fused-ring (bicyclic) bond motifs is 1. The number of amides is 1. The Hall–Kier alpha value is -2.98. The molecule has 1 radical (unpaired) electrons. The van der Waals surface area contributed by atoms with Crippen LogP contribution in [-0.4, -0.2) is 60.2 Å². The number of hydrogen-bond acceptors (Lipinski definition) is 8. The largest absolute Gasteiger partial charge is 0.444 e. The SMILES string of the molecule is CCN1C(=O)OCc2cnc(N[C@@H](C)c3ccc(COC4CN([B]C=O)C4)cc3)nc21. The van der Waals surface area contributed by atoms with Crippen LogP contribution in [0, 0.1) is 0 Å². The van der Waals surface area contributed by atoms with E-state index in [0.29, 0.717) is 24.9 Å². The van der Waals surface area contributed by atoms with Crippen LogP contribution in [0.2, 0.25) is 0 Å². The number of ether oxygens (including phenoxy) is 2. The second-order valence-corrected chi connectivity index (χ2v) is 7.62. The van der Waals surface area contributed by atoms with Crippen LogP contribution in [0.3, 0.4) is 0 Å². The zero-order valence-corrected chi connectivity index (χ0v) is 17.7. The lowest BCUT2D eigenvalue weighted by atomic mass is 9.89. The maximum Gasteiger partial charge on any atom is 0.415 e. The first kappa shape index (κ1) is 21.3. The normalized spacial score (nSPS) is 17.4. The number of anilines is 2. The highest BCUT2D eigenvalue weighted by molar-refractivity contribution is 6.64. The van der Waals surface area contributed by atoms with Gasteiger partial charge in [0.1, 0.15) is 12.4 Å². The molecule has 0 spiro atoms. The highest BCUT2D eigenvalue weighted by atomic mass is 16.6. The number of benzene rings is 1. The third-order valence-electron chi connectivity index (χ3n) is 5.44. The molecular weight excluding hydrogens is 397 g/mol. The number of aromatic nitrogens is 2. The minimum Gasteiger partial charge on any atom is -0.444 e. The van der Waals surface area contributed by atoms with Gasteiger partial charge in [0.2, 0.25) is 5.95 Å². The van der Waals surface area contributed by atoms with Gasteiger partial charge in [-0.1, -0.05) is 24.3 Å². The zero-order chi connectivity index (χ0) is 21.8. The molecule has 4 rings (SSSR count). The van der Waals surface area contributed by atoms with E-state index in [9.17, 15) is 9.59 Å². The summed E-state index contributed by atoms with van der Waals surface area (Å²) in [5.41, 5.74) is 2.98. The lowest BCUT2D eigenvalue weighted by molar-refractivity contribution is -0.0300. The number of carbonyl (C=O) groups is 2. The van der Waals surface area contributed by atoms with Crippen molar-refractivity contribution < 1.29 is 19.1 Å². The van der Waals surface area contributed by atoms with Gasteiger partial charge in [-0.3, -0.25) is 4.90 Å². The van der Waals surface area contributed by atoms with E-state index in [-0.39, 0.29) is 24.8 Å². The van der Waals surface area contributed by atoms with Gasteiger partial charge in [0.15, 0.2) is 0 Å². The highest BCUT2D eigenvalue weighted by Crippen LogP contribution is 2.26. The fourth-order valence-corrected chi connectivity index (χ4v) is 3.56. The van der Waals surface area contributed by atoms with E-state index in [1.807, 2.05) is 30.8 Å². The van der Waals surface area contributed by atoms with Crippen molar-refractivity contribution in [2.45, 2.75) is 39.2 Å². The van der Waals surface area contributed by atoms with Crippen LogP contribution in [0.25, 0.3) is 0 Å². The summed E-state index contributed by atoms with van der Waals surface area (Å²) in [6.07, 6.45) is 2.27. The molecule has 2 aliphatic rings.